The van der Waals surface area contributed by atoms with Crippen molar-refractivity contribution in [2.45, 2.75) is 0 Å². The highest BCUT2D eigenvalue weighted by molar-refractivity contribution is 9.10. The van der Waals surface area contributed by atoms with Crippen molar-refractivity contribution in [3.8, 4) is 0 Å². The number of hydrogen-bond acceptors (Lipinski definition) is 4. The molecule has 0 amide bonds. The predicted molar refractivity (Wildman–Crippen MR) is 68.0 cm³/mol. The van der Waals surface area contributed by atoms with Crippen LogP contribution in [0.2, 0.25) is 0 Å². The summed E-state index contributed by atoms with van der Waals surface area (Å²) in [5.74, 6) is 0.687. The first-order chi connectivity index (χ1) is 7.20. The Morgan fingerprint density at radius 1 is 1.40 bits per heavy atom. The molecule has 0 aliphatic rings. The van der Waals surface area contributed by atoms with E-state index in [1.807, 2.05) is 18.0 Å². The first-order valence-corrected chi connectivity index (χ1v) is 6.01. The van der Waals surface area contributed by atoms with Crippen molar-refractivity contribution in [1.82, 2.24) is 15.0 Å². The summed E-state index contributed by atoms with van der Waals surface area (Å²) in [5, 5.41) is 0.935. The number of pyridine rings is 1. The van der Waals surface area contributed by atoms with Crippen LogP contribution in [0.3, 0.4) is 0 Å². The van der Waals surface area contributed by atoms with E-state index in [0.29, 0.717) is 11.6 Å². The maximum Gasteiger partial charge on any atom is 0.227 e. The van der Waals surface area contributed by atoms with Gasteiger partial charge in [0.25, 0.3) is 0 Å². The maximum absolute atomic E-state index is 4.36. The molecule has 4 nitrogen and oxygen atoms in total. The third-order valence-electron chi connectivity index (χ3n) is 2.00. The van der Waals surface area contributed by atoms with Crippen molar-refractivity contribution >= 4 is 42.2 Å². The van der Waals surface area contributed by atoms with Crippen LogP contribution >= 0.6 is 25.2 Å². The minimum Gasteiger partial charge on any atom is -0.340 e. The highest BCUT2D eigenvalue weighted by atomic mass is 79.9. The Balaban J connectivity index is 2.52. The number of halogens is 1. The Kier molecular flexibility index (Phi) is 3.12. The van der Waals surface area contributed by atoms with E-state index in [4.69, 9.17) is 0 Å². The monoisotopic (exact) mass is 284 g/mol. The lowest BCUT2D eigenvalue weighted by atomic mass is 10.3. The van der Waals surface area contributed by atoms with Gasteiger partial charge >= 0.3 is 0 Å². The maximum atomic E-state index is 4.36. The minimum atomic E-state index is 0.687. The van der Waals surface area contributed by atoms with E-state index < -0.39 is 0 Å². The zero-order chi connectivity index (χ0) is 10.8. The van der Waals surface area contributed by atoms with E-state index in [-0.39, 0.29) is 0 Å². The van der Waals surface area contributed by atoms with Crippen molar-refractivity contribution in [2.24, 2.45) is 0 Å². The van der Waals surface area contributed by atoms with Crippen LogP contribution in [-0.4, -0.2) is 28.3 Å². The van der Waals surface area contributed by atoms with Gasteiger partial charge in [-0.3, -0.25) is 0 Å². The first-order valence-electron chi connectivity index (χ1n) is 4.40. The van der Waals surface area contributed by atoms with Crippen LogP contribution in [0.5, 0.6) is 0 Å². The van der Waals surface area contributed by atoms with Gasteiger partial charge in [-0.15, -0.1) is 9.24 Å². The molecule has 0 aliphatic carbocycles. The van der Waals surface area contributed by atoms with E-state index in [1.165, 1.54) is 0 Å². The minimum absolute atomic E-state index is 0.687. The normalized spacial score (nSPS) is 10.6. The van der Waals surface area contributed by atoms with Crippen molar-refractivity contribution < 1.29 is 0 Å². The largest absolute Gasteiger partial charge is 0.340 e. The predicted octanol–water partition coefficient (Wildman–Crippen LogP) is 2.06. The fourth-order valence-corrected chi connectivity index (χ4v) is 1.66. The first kappa shape index (κ1) is 10.7. The fraction of sp³-hybridized carbons (Fsp3) is 0.222. The second kappa shape index (κ2) is 4.37. The number of nitrogens with zero attached hydrogens (tertiary/aromatic N) is 4. The van der Waals surface area contributed by atoms with Crippen LogP contribution in [0.4, 0.5) is 5.95 Å². The van der Waals surface area contributed by atoms with Crippen LogP contribution in [0, 0.1) is 0 Å². The molecule has 1 atom stereocenters. The van der Waals surface area contributed by atoms with Gasteiger partial charge < -0.3 is 4.90 Å². The Hall–Kier alpha value is -0.800. The molecular formula is C9H10BrN4P. The van der Waals surface area contributed by atoms with E-state index in [2.05, 4.69) is 40.1 Å². The van der Waals surface area contributed by atoms with Crippen molar-refractivity contribution in [1.29, 1.82) is 0 Å². The molecule has 0 saturated heterocycles. The van der Waals surface area contributed by atoms with Gasteiger partial charge in [-0.1, -0.05) is 0 Å². The summed E-state index contributed by atoms with van der Waals surface area (Å²) in [6, 6.07) is 1.95. The summed E-state index contributed by atoms with van der Waals surface area (Å²) in [5.41, 5.74) is 0.716. The smallest absolute Gasteiger partial charge is 0.227 e. The summed E-state index contributed by atoms with van der Waals surface area (Å²) >= 11 is 3.36. The average Bonchev–Trinajstić information content (AvgIpc) is 2.27. The molecular weight excluding hydrogens is 275 g/mol. The number of anilines is 1. The van der Waals surface area contributed by atoms with Crippen LogP contribution < -0.4 is 4.90 Å². The van der Waals surface area contributed by atoms with Gasteiger partial charge in [0.05, 0.1) is 0 Å². The summed E-state index contributed by atoms with van der Waals surface area (Å²) < 4.78 is 0.936. The molecule has 6 heteroatoms. The third-order valence-corrected chi connectivity index (χ3v) is 2.98. The molecule has 2 rings (SSSR count). The molecule has 2 aromatic rings. The summed E-state index contributed by atoms with van der Waals surface area (Å²) in [6.45, 7) is 0. The van der Waals surface area contributed by atoms with Gasteiger partial charge in [-0.25, -0.2) is 9.97 Å². The van der Waals surface area contributed by atoms with Gasteiger partial charge in [-0.2, -0.15) is 4.98 Å². The SMILES string of the molecule is CN(CP)c1ncc2cc(Br)cnc2n1. The average molecular weight is 285 g/mol. The highest BCUT2D eigenvalue weighted by Crippen LogP contribution is 2.17. The van der Waals surface area contributed by atoms with Gasteiger partial charge in [0.15, 0.2) is 5.65 Å². The van der Waals surface area contributed by atoms with Gasteiger partial charge in [0.1, 0.15) is 0 Å². The molecule has 0 saturated carbocycles. The molecule has 0 bridgehead atoms. The topological polar surface area (TPSA) is 41.9 Å². The molecule has 2 heterocycles. The van der Waals surface area contributed by atoms with Crippen molar-refractivity contribution in [3.63, 3.8) is 0 Å². The van der Waals surface area contributed by atoms with Gasteiger partial charge in [0.2, 0.25) is 5.95 Å². The van der Waals surface area contributed by atoms with Crippen LogP contribution in [0.15, 0.2) is 22.9 Å². The summed E-state index contributed by atoms with van der Waals surface area (Å²) in [6.07, 6.45) is 4.31. The Bertz CT molecular complexity index is 490. The molecule has 0 aliphatic heterocycles. The van der Waals surface area contributed by atoms with Gasteiger partial charge in [-0.05, 0) is 22.0 Å². The van der Waals surface area contributed by atoms with E-state index in [0.717, 1.165) is 16.1 Å². The summed E-state index contributed by atoms with van der Waals surface area (Å²) in [7, 11) is 4.57. The fourth-order valence-electron chi connectivity index (χ4n) is 1.15. The lowest BCUT2D eigenvalue weighted by Gasteiger charge is -2.13. The van der Waals surface area contributed by atoms with E-state index in [1.54, 1.807) is 12.4 Å². The Labute approximate surface area is 98.5 Å². The molecule has 0 spiro atoms. The van der Waals surface area contributed by atoms with E-state index >= 15 is 0 Å². The van der Waals surface area contributed by atoms with Crippen molar-refractivity contribution in [2.75, 3.05) is 18.2 Å². The Morgan fingerprint density at radius 3 is 2.93 bits per heavy atom. The second-order valence-electron chi connectivity index (χ2n) is 3.12. The summed E-state index contributed by atoms with van der Waals surface area (Å²) in [4.78, 5) is 14.8. The number of fused-ring (bicyclic) bond motifs is 1. The van der Waals surface area contributed by atoms with Crippen LogP contribution in [-0.2, 0) is 0 Å². The zero-order valence-electron chi connectivity index (χ0n) is 8.18. The lowest BCUT2D eigenvalue weighted by Crippen LogP contribution is -2.16. The standard InChI is InChI=1S/C9H10BrN4P/c1-14(5-15)9-12-3-6-2-7(10)4-11-8(6)13-9/h2-4H,5,15H2,1H3. The molecule has 2 aromatic heterocycles. The van der Waals surface area contributed by atoms with Crippen LogP contribution in [0.1, 0.15) is 0 Å². The number of aromatic nitrogens is 3. The Morgan fingerprint density at radius 2 is 2.20 bits per heavy atom. The third kappa shape index (κ3) is 2.24. The second-order valence-corrected chi connectivity index (χ2v) is 4.40. The molecule has 0 radical (unpaired) electrons. The van der Waals surface area contributed by atoms with Gasteiger partial charge in [0, 0.05) is 35.6 Å². The van der Waals surface area contributed by atoms with Crippen LogP contribution in [0.25, 0.3) is 11.0 Å². The van der Waals surface area contributed by atoms with Crippen molar-refractivity contribution in [3.05, 3.63) is 22.9 Å². The number of hydrogen-bond donors (Lipinski definition) is 0. The highest BCUT2D eigenvalue weighted by Gasteiger charge is 2.04. The zero-order valence-corrected chi connectivity index (χ0v) is 10.9. The molecule has 1 unspecified atom stereocenters. The molecule has 0 N–H and O–H groups in total. The van der Waals surface area contributed by atoms with E-state index in [9.17, 15) is 0 Å². The molecule has 78 valence electrons. The molecule has 15 heavy (non-hydrogen) atoms. The molecule has 0 aromatic carbocycles. The quantitative estimate of drug-likeness (QED) is 0.792. The number of rotatable bonds is 2. The molecule has 0 fully saturated rings. The lowest BCUT2D eigenvalue weighted by molar-refractivity contribution is 0.989.